The highest BCUT2D eigenvalue weighted by Gasteiger charge is 2.34. The topological polar surface area (TPSA) is 82.5 Å². The molecule has 1 N–H and O–H groups in total. The Morgan fingerprint density at radius 2 is 2.14 bits per heavy atom. The lowest BCUT2D eigenvalue weighted by atomic mass is 10.1. The fraction of sp³-hybridized carbons (Fsp3) is 0.684. The average molecular weight is 425 g/mol. The second kappa shape index (κ2) is 7.28. The second-order valence-corrected chi connectivity index (χ2v) is 11.8. The fourth-order valence-electron chi connectivity index (χ4n) is 3.94. The van der Waals surface area contributed by atoms with Crippen molar-refractivity contribution < 1.29 is 9.29 Å². The Morgan fingerprint density at radius 1 is 1.39 bits per heavy atom. The van der Waals surface area contributed by atoms with E-state index in [1.807, 2.05) is 39.2 Å². The zero-order valence-electron chi connectivity index (χ0n) is 17.1. The maximum absolute atomic E-state index is 13.2. The third kappa shape index (κ3) is 3.37. The number of hydrogen-bond donors (Lipinski definition) is 1. The summed E-state index contributed by atoms with van der Waals surface area (Å²) in [7, 11) is 0. The summed E-state index contributed by atoms with van der Waals surface area (Å²) in [4.78, 5) is 21.5. The predicted molar refractivity (Wildman–Crippen MR) is 115 cm³/mol. The van der Waals surface area contributed by atoms with Crippen molar-refractivity contribution in [1.29, 1.82) is 0 Å². The van der Waals surface area contributed by atoms with Gasteiger partial charge in [0.25, 0.3) is 5.56 Å². The van der Waals surface area contributed by atoms with Crippen molar-refractivity contribution in [2.24, 2.45) is 0 Å². The third-order valence-corrected chi connectivity index (χ3v) is 8.22. The van der Waals surface area contributed by atoms with E-state index in [-0.39, 0.29) is 22.4 Å². The summed E-state index contributed by atoms with van der Waals surface area (Å²) in [6, 6.07) is 0.123. The van der Waals surface area contributed by atoms with E-state index in [2.05, 4.69) is 9.62 Å². The highest BCUT2D eigenvalue weighted by molar-refractivity contribution is 7.90. The van der Waals surface area contributed by atoms with Crippen LogP contribution in [0, 0.1) is 6.92 Å². The lowest BCUT2D eigenvalue weighted by Gasteiger charge is -2.40. The Labute approximate surface area is 172 Å². The molecule has 9 heteroatoms. The molecule has 2 aliphatic rings. The van der Waals surface area contributed by atoms with Gasteiger partial charge in [-0.25, -0.2) is 4.98 Å². The maximum atomic E-state index is 13.2. The summed E-state index contributed by atoms with van der Waals surface area (Å²) >= 11 is 0.292. The van der Waals surface area contributed by atoms with Gasteiger partial charge in [-0.1, -0.05) is 0 Å². The molecule has 0 spiro atoms. The molecule has 4 rings (SSSR count). The highest BCUT2D eigenvalue weighted by Crippen LogP contribution is 2.35. The summed E-state index contributed by atoms with van der Waals surface area (Å²) in [5.74, 6) is 0.750. The van der Waals surface area contributed by atoms with E-state index in [1.54, 1.807) is 0 Å². The number of hydrogen-bond acceptors (Lipinski definition) is 7. The monoisotopic (exact) mass is 424 g/mol. The normalized spacial score (nSPS) is 22.1. The molecule has 0 unspecified atom stereocenters. The Bertz CT molecular complexity index is 949. The molecule has 4 heterocycles. The van der Waals surface area contributed by atoms with Crippen LogP contribution in [0.15, 0.2) is 4.79 Å². The van der Waals surface area contributed by atoms with Gasteiger partial charge in [0.2, 0.25) is 5.95 Å². The van der Waals surface area contributed by atoms with Crippen molar-refractivity contribution in [3.63, 3.8) is 0 Å². The predicted octanol–water partition coefficient (Wildman–Crippen LogP) is 2.49. The van der Waals surface area contributed by atoms with Crippen LogP contribution in [0.3, 0.4) is 0 Å². The molecular formula is C19H28N4O3S2. The summed E-state index contributed by atoms with van der Waals surface area (Å²) in [6.07, 6.45) is 0.903. The van der Waals surface area contributed by atoms with Crippen molar-refractivity contribution >= 4 is 38.9 Å². The average Bonchev–Trinajstić information content (AvgIpc) is 2.97. The number of rotatable bonds is 3. The van der Waals surface area contributed by atoms with Gasteiger partial charge in [-0.05, 0) is 41.0 Å². The first-order chi connectivity index (χ1) is 13.2. The minimum absolute atomic E-state index is 0.0356. The lowest BCUT2D eigenvalue weighted by Crippen LogP contribution is -2.51. The first-order valence-corrected chi connectivity index (χ1v) is 11.7. The van der Waals surface area contributed by atoms with E-state index >= 15 is 0 Å². The molecular weight excluding hydrogens is 396 g/mol. The largest absolute Gasteiger partial charge is 0.598 e. The van der Waals surface area contributed by atoms with Crippen molar-refractivity contribution in [2.45, 2.75) is 64.4 Å². The Morgan fingerprint density at radius 3 is 2.86 bits per heavy atom. The molecule has 2 aliphatic heterocycles. The zero-order chi connectivity index (χ0) is 20.2. The molecule has 0 aliphatic carbocycles. The standard InChI is InChI=1S/C19H28N4O3S2/c1-11(21-28(25)19(3,4)5)14-12(2)27-16-15(14)20-18-22-8-9-26-10-13(22)6-7-23(18)17(16)24/h11,13,21H,6-10H2,1-5H3/t11-,13-,28+/m0/s1. The van der Waals surface area contributed by atoms with Gasteiger partial charge in [-0.15, -0.1) is 16.1 Å². The number of aryl methyl sites for hydroxylation is 1. The first-order valence-electron chi connectivity index (χ1n) is 9.74. The number of anilines is 1. The number of morpholine rings is 1. The van der Waals surface area contributed by atoms with E-state index in [0.717, 1.165) is 34.9 Å². The molecule has 2 aromatic rings. The van der Waals surface area contributed by atoms with Crippen LogP contribution < -0.4 is 15.2 Å². The number of nitrogens with one attached hydrogen (secondary N) is 1. The van der Waals surface area contributed by atoms with E-state index in [1.165, 1.54) is 11.3 Å². The SMILES string of the molecule is Cc1sc2c(=O)n3c(nc2c1[C@H](C)N[S@+]([O-])C(C)(C)C)N1CCOC[C@@H]1CC3. The van der Waals surface area contributed by atoms with Crippen LogP contribution in [0.4, 0.5) is 5.95 Å². The van der Waals surface area contributed by atoms with Crippen LogP contribution in [0.25, 0.3) is 10.2 Å². The van der Waals surface area contributed by atoms with Crippen LogP contribution >= 0.6 is 11.3 Å². The Balaban J connectivity index is 1.80. The number of fused-ring (bicyclic) bond motifs is 4. The number of aromatic nitrogens is 2. The van der Waals surface area contributed by atoms with Crippen LogP contribution in [0.1, 0.15) is 50.6 Å². The van der Waals surface area contributed by atoms with Crippen molar-refractivity contribution in [2.75, 3.05) is 24.7 Å². The summed E-state index contributed by atoms with van der Waals surface area (Å²) in [6.45, 7) is 12.6. The van der Waals surface area contributed by atoms with E-state index in [4.69, 9.17) is 9.72 Å². The second-order valence-electron chi connectivity index (χ2n) is 8.55. The van der Waals surface area contributed by atoms with Crippen LogP contribution in [-0.4, -0.2) is 44.7 Å². The van der Waals surface area contributed by atoms with E-state index < -0.39 is 11.4 Å². The van der Waals surface area contributed by atoms with Crippen molar-refractivity contribution in [3.05, 3.63) is 20.8 Å². The summed E-state index contributed by atoms with van der Waals surface area (Å²) < 4.78 is 23.6. The van der Waals surface area contributed by atoms with E-state index in [9.17, 15) is 9.35 Å². The number of ether oxygens (including phenoxy) is 1. The van der Waals surface area contributed by atoms with Gasteiger partial charge in [-0.3, -0.25) is 9.36 Å². The van der Waals surface area contributed by atoms with Crippen LogP contribution in [0.2, 0.25) is 0 Å². The van der Waals surface area contributed by atoms with E-state index in [0.29, 0.717) is 24.5 Å². The maximum Gasteiger partial charge on any atom is 0.272 e. The number of nitrogens with zero attached hydrogens (tertiary/aromatic N) is 3. The van der Waals surface area contributed by atoms with Crippen LogP contribution in [0.5, 0.6) is 0 Å². The highest BCUT2D eigenvalue weighted by atomic mass is 32.2. The van der Waals surface area contributed by atoms with Gasteiger partial charge in [0.05, 0.1) is 30.8 Å². The lowest BCUT2D eigenvalue weighted by molar-refractivity contribution is 0.0844. The van der Waals surface area contributed by atoms with Crippen molar-refractivity contribution in [3.8, 4) is 0 Å². The minimum Gasteiger partial charge on any atom is -0.598 e. The molecule has 0 saturated carbocycles. The molecule has 0 amide bonds. The first kappa shape index (κ1) is 20.2. The quantitative estimate of drug-likeness (QED) is 0.763. The number of thiophene rings is 1. The molecule has 3 atom stereocenters. The van der Waals surface area contributed by atoms with Gasteiger partial charge < -0.3 is 14.2 Å². The third-order valence-electron chi connectivity index (χ3n) is 5.44. The molecule has 0 aromatic carbocycles. The Kier molecular flexibility index (Phi) is 5.24. The molecule has 1 fully saturated rings. The van der Waals surface area contributed by atoms with Gasteiger partial charge in [-0.2, -0.15) is 0 Å². The zero-order valence-corrected chi connectivity index (χ0v) is 18.7. The van der Waals surface area contributed by atoms with Crippen LogP contribution in [-0.2, 0) is 22.6 Å². The Hall–Kier alpha value is -1.13. The molecule has 28 heavy (non-hydrogen) atoms. The molecule has 2 aromatic heterocycles. The van der Waals surface area contributed by atoms with Gasteiger partial charge in [0, 0.05) is 34.9 Å². The molecule has 0 bridgehead atoms. The summed E-state index contributed by atoms with van der Waals surface area (Å²) in [5.41, 5.74) is 1.76. The molecule has 0 radical (unpaired) electrons. The smallest absolute Gasteiger partial charge is 0.272 e. The fourth-order valence-corrected chi connectivity index (χ4v) is 5.87. The molecule has 154 valence electrons. The van der Waals surface area contributed by atoms with Gasteiger partial charge >= 0.3 is 0 Å². The molecule has 1 saturated heterocycles. The van der Waals surface area contributed by atoms with Gasteiger partial charge in [0.1, 0.15) is 9.45 Å². The van der Waals surface area contributed by atoms with Crippen molar-refractivity contribution in [1.82, 2.24) is 14.3 Å². The van der Waals surface area contributed by atoms with Gasteiger partial charge in [0.15, 0.2) is 0 Å². The molecule has 7 nitrogen and oxygen atoms in total. The summed E-state index contributed by atoms with van der Waals surface area (Å²) in [5, 5.41) is 0. The minimum atomic E-state index is -1.20.